The summed E-state index contributed by atoms with van der Waals surface area (Å²) in [7, 11) is 0. The highest BCUT2D eigenvalue weighted by atomic mass is 79.9. The summed E-state index contributed by atoms with van der Waals surface area (Å²) >= 11 is 3.54. The number of aryl methyl sites for hydroxylation is 1. The molecule has 1 aromatic carbocycles. The summed E-state index contributed by atoms with van der Waals surface area (Å²) in [5, 5.41) is 3.42. The van der Waals surface area contributed by atoms with Gasteiger partial charge in [0.2, 0.25) is 0 Å². The lowest BCUT2D eigenvalue weighted by Gasteiger charge is -2.30. The number of halogens is 1. The van der Waals surface area contributed by atoms with Crippen LogP contribution in [0.3, 0.4) is 0 Å². The van der Waals surface area contributed by atoms with E-state index in [-0.39, 0.29) is 0 Å². The molecule has 92 valence electrons. The molecular weight excluding hydrogens is 288 g/mol. The van der Waals surface area contributed by atoms with Gasteiger partial charge in [0.05, 0.1) is 4.47 Å². The zero-order chi connectivity index (χ0) is 12.5. The number of aromatic nitrogens is 1. The molecule has 1 N–H and O–H groups in total. The van der Waals surface area contributed by atoms with Gasteiger partial charge in [-0.25, -0.2) is 4.98 Å². The van der Waals surface area contributed by atoms with Crippen LogP contribution in [0.15, 0.2) is 41.0 Å². The Labute approximate surface area is 116 Å². The molecule has 0 radical (unpaired) electrons. The first-order valence-corrected chi connectivity index (χ1v) is 6.97. The van der Waals surface area contributed by atoms with Gasteiger partial charge in [0.25, 0.3) is 0 Å². The molecule has 0 saturated carbocycles. The third-order valence-electron chi connectivity index (χ3n) is 3.46. The van der Waals surface area contributed by atoms with Gasteiger partial charge >= 0.3 is 0 Å². The lowest BCUT2D eigenvalue weighted by molar-refractivity contribution is 0.634. The van der Waals surface area contributed by atoms with E-state index in [2.05, 4.69) is 56.6 Å². The lowest BCUT2D eigenvalue weighted by Crippen LogP contribution is -2.24. The van der Waals surface area contributed by atoms with Crippen LogP contribution in [0.25, 0.3) is 0 Å². The first-order chi connectivity index (χ1) is 8.74. The Kier molecular flexibility index (Phi) is 3.08. The van der Waals surface area contributed by atoms with Crippen molar-refractivity contribution in [3.05, 3.63) is 57.7 Å². The highest BCUT2D eigenvalue weighted by Gasteiger charge is 2.25. The summed E-state index contributed by atoms with van der Waals surface area (Å²) in [6, 6.07) is 10.8. The molecule has 1 atom stereocenters. The molecule has 3 rings (SSSR count). The summed E-state index contributed by atoms with van der Waals surface area (Å²) in [5.74, 6) is 1.56. The van der Waals surface area contributed by atoms with Gasteiger partial charge in [-0.3, -0.25) is 0 Å². The smallest absolute Gasteiger partial charge is 0.140 e. The minimum atomic E-state index is 0.621. The van der Waals surface area contributed by atoms with E-state index in [1.165, 1.54) is 23.1 Å². The number of nitrogens with one attached hydrogen (secondary N) is 1. The maximum Gasteiger partial charge on any atom is 0.140 e. The first kappa shape index (κ1) is 11.7. The lowest BCUT2D eigenvalue weighted by atomic mass is 9.77. The van der Waals surface area contributed by atoms with E-state index in [1.807, 2.05) is 13.1 Å². The van der Waals surface area contributed by atoms with Gasteiger partial charge in [0.15, 0.2) is 0 Å². The molecule has 1 heterocycles. The van der Waals surface area contributed by atoms with E-state index in [0.29, 0.717) is 5.92 Å². The molecule has 2 aromatic rings. The van der Waals surface area contributed by atoms with E-state index in [0.717, 1.165) is 16.8 Å². The fourth-order valence-corrected chi connectivity index (χ4v) is 3.03. The van der Waals surface area contributed by atoms with Crippen molar-refractivity contribution in [2.24, 2.45) is 0 Å². The highest BCUT2D eigenvalue weighted by Crippen LogP contribution is 2.35. The number of fused-ring (bicyclic) bond motifs is 1. The highest BCUT2D eigenvalue weighted by molar-refractivity contribution is 9.10. The van der Waals surface area contributed by atoms with Crippen LogP contribution in [0.2, 0.25) is 0 Å². The minimum Gasteiger partial charge on any atom is -0.369 e. The molecule has 0 fully saturated rings. The van der Waals surface area contributed by atoms with E-state index in [4.69, 9.17) is 0 Å². The summed E-state index contributed by atoms with van der Waals surface area (Å²) < 4.78 is 1.04. The maximum absolute atomic E-state index is 4.41. The van der Waals surface area contributed by atoms with Gasteiger partial charge in [-0.05, 0) is 52.0 Å². The van der Waals surface area contributed by atoms with Crippen molar-refractivity contribution in [2.75, 3.05) is 11.9 Å². The molecule has 1 aliphatic carbocycles. The number of rotatable bonds is 3. The second-order valence-electron chi connectivity index (χ2n) is 4.82. The van der Waals surface area contributed by atoms with Gasteiger partial charge in [-0.15, -0.1) is 0 Å². The van der Waals surface area contributed by atoms with Crippen LogP contribution in [0, 0.1) is 6.92 Å². The quantitative estimate of drug-likeness (QED) is 0.930. The number of hydrogen-bond donors (Lipinski definition) is 1. The van der Waals surface area contributed by atoms with Gasteiger partial charge in [-0.1, -0.05) is 24.3 Å². The van der Waals surface area contributed by atoms with Crippen molar-refractivity contribution in [2.45, 2.75) is 19.3 Å². The Hall–Kier alpha value is -1.35. The summed E-state index contributed by atoms with van der Waals surface area (Å²) in [6.07, 6.45) is 3.06. The van der Waals surface area contributed by atoms with Crippen LogP contribution < -0.4 is 5.32 Å². The third-order valence-corrected chi connectivity index (χ3v) is 4.06. The molecule has 0 aliphatic heterocycles. The molecular formula is C15H15BrN2. The average Bonchev–Trinajstić information content (AvgIpc) is 2.33. The van der Waals surface area contributed by atoms with Gasteiger partial charge in [-0.2, -0.15) is 0 Å². The van der Waals surface area contributed by atoms with Crippen molar-refractivity contribution in [1.82, 2.24) is 4.98 Å². The SMILES string of the molecule is Cc1cnc(NCC2Cc3ccccc32)c(Br)c1. The summed E-state index contributed by atoms with van der Waals surface area (Å²) in [6.45, 7) is 3.00. The van der Waals surface area contributed by atoms with Crippen LogP contribution in [-0.4, -0.2) is 11.5 Å². The molecule has 18 heavy (non-hydrogen) atoms. The monoisotopic (exact) mass is 302 g/mol. The molecule has 1 aliphatic rings. The van der Waals surface area contributed by atoms with E-state index in [9.17, 15) is 0 Å². The largest absolute Gasteiger partial charge is 0.369 e. The standard InChI is InChI=1S/C15H15BrN2/c1-10-6-14(16)15(17-8-10)18-9-12-7-11-4-2-3-5-13(11)12/h2-6,8,12H,7,9H2,1H3,(H,17,18). The van der Waals surface area contributed by atoms with Crippen molar-refractivity contribution < 1.29 is 0 Å². The molecule has 1 aromatic heterocycles. The summed E-state index contributed by atoms with van der Waals surface area (Å²) in [5.41, 5.74) is 4.13. The molecule has 0 saturated heterocycles. The molecule has 0 bridgehead atoms. The number of nitrogens with zero attached hydrogens (tertiary/aromatic N) is 1. The topological polar surface area (TPSA) is 24.9 Å². The second kappa shape index (κ2) is 4.73. The molecule has 1 unspecified atom stereocenters. The Morgan fingerprint density at radius 2 is 2.22 bits per heavy atom. The molecule has 2 nitrogen and oxygen atoms in total. The second-order valence-corrected chi connectivity index (χ2v) is 5.68. The van der Waals surface area contributed by atoms with E-state index in [1.54, 1.807) is 0 Å². The van der Waals surface area contributed by atoms with Gasteiger partial charge < -0.3 is 5.32 Å². The Morgan fingerprint density at radius 1 is 1.39 bits per heavy atom. The van der Waals surface area contributed by atoms with Crippen LogP contribution in [0.4, 0.5) is 5.82 Å². The zero-order valence-electron chi connectivity index (χ0n) is 10.3. The van der Waals surface area contributed by atoms with Crippen LogP contribution in [0.1, 0.15) is 22.6 Å². The van der Waals surface area contributed by atoms with Gasteiger partial charge in [0, 0.05) is 18.7 Å². The first-order valence-electron chi connectivity index (χ1n) is 6.18. The summed E-state index contributed by atoms with van der Waals surface area (Å²) in [4.78, 5) is 4.41. The van der Waals surface area contributed by atoms with Gasteiger partial charge in [0.1, 0.15) is 5.82 Å². The maximum atomic E-state index is 4.41. The fourth-order valence-electron chi connectivity index (χ4n) is 2.43. The number of anilines is 1. The van der Waals surface area contributed by atoms with Crippen molar-refractivity contribution in [1.29, 1.82) is 0 Å². The molecule has 3 heteroatoms. The van der Waals surface area contributed by atoms with E-state index < -0.39 is 0 Å². The number of benzene rings is 1. The number of pyridine rings is 1. The average molecular weight is 303 g/mol. The van der Waals surface area contributed by atoms with Crippen molar-refractivity contribution in [3.8, 4) is 0 Å². The van der Waals surface area contributed by atoms with Crippen LogP contribution in [-0.2, 0) is 6.42 Å². The third kappa shape index (κ3) is 2.15. The van der Waals surface area contributed by atoms with E-state index >= 15 is 0 Å². The minimum absolute atomic E-state index is 0.621. The Bertz CT molecular complexity index is 580. The zero-order valence-corrected chi connectivity index (χ0v) is 11.9. The Morgan fingerprint density at radius 3 is 3.00 bits per heavy atom. The number of hydrogen-bond acceptors (Lipinski definition) is 2. The fraction of sp³-hybridized carbons (Fsp3) is 0.267. The normalized spacial score (nSPS) is 16.9. The predicted octanol–water partition coefficient (Wildman–Crippen LogP) is 3.90. The Balaban J connectivity index is 1.66. The predicted molar refractivity (Wildman–Crippen MR) is 78.1 cm³/mol. The van der Waals surface area contributed by atoms with Crippen LogP contribution in [0.5, 0.6) is 0 Å². The molecule has 0 amide bonds. The van der Waals surface area contributed by atoms with Crippen LogP contribution >= 0.6 is 15.9 Å². The van der Waals surface area contributed by atoms with Crippen molar-refractivity contribution >= 4 is 21.7 Å². The van der Waals surface area contributed by atoms with Crippen molar-refractivity contribution in [3.63, 3.8) is 0 Å². The molecule has 0 spiro atoms.